The number of benzene rings is 1. The van der Waals surface area contributed by atoms with Crippen LogP contribution in [-0.4, -0.2) is 24.1 Å². The van der Waals surface area contributed by atoms with Crippen LogP contribution in [0.3, 0.4) is 0 Å². The molecule has 2 rings (SSSR count). The first-order chi connectivity index (χ1) is 9.20. The van der Waals surface area contributed by atoms with Crippen LogP contribution < -0.4 is 9.47 Å². The van der Waals surface area contributed by atoms with Crippen molar-refractivity contribution in [1.82, 2.24) is 0 Å². The summed E-state index contributed by atoms with van der Waals surface area (Å²) in [5.41, 5.74) is 1.64. The quantitative estimate of drug-likeness (QED) is 0.515. The van der Waals surface area contributed by atoms with Gasteiger partial charge < -0.3 is 14.7 Å². The van der Waals surface area contributed by atoms with Gasteiger partial charge in [0.15, 0.2) is 11.5 Å². The van der Waals surface area contributed by atoms with Crippen molar-refractivity contribution in [3.63, 3.8) is 0 Å². The lowest BCUT2D eigenvalue weighted by molar-refractivity contribution is 0.297. The molecule has 0 aromatic heterocycles. The number of rotatable bonds is 3. The van der Waals surface area contributed by atoms with E-state index in [1.165, 1.54) is 0 Å². The van der Waals surface area contributed by atoms with E-state index >= 15 is 0 Å². The lowest BCUT2D eigenvalue weighted by Crippen LogP contribution is -2.03. The summed E-state index contributed by atoms with van der Waals surface area (Å²) in [4.78, 5) is 0. The molecule has 0 radical (unpaired) electrons. The van der Waals surface area contributed by atoms with Crippen LogP contribution in [0.1, 0.15) is 25.8 Å². The minimum Gasteiger partial charge on any atom is -0.490 e. The number of hydrogen-bond acceptors (Lipinski definition) is 4. The van der Waals surface area contributed by atoms with E-state index < -0.39 is 0 Å². The molecule has 0 atom stereocenters. The molecule has 0 aliphatic carbocycles. The zero-order valence-corrected chi connectivity index (χ0v) is 11.3. The van der Waals surface area contributed by atoms with Gasteiger partial charge >= 0.3 is 0 Å². The van der Waals surface area contributed by atoms with Gasteiger partial charge in [0.2, 0.25) is 0 Å². The second-order valence-electron chi connectivity index (χ2n) is 4.77. The highest BCUT2D eigenvalue weighted by Crippen LogP contribution is 2.30. The van der Waals surface area contributed by atoms with E-state index in [1.807, 2.05) is 44.2 Å². The summed E-state index contributed by atoms with van der Waals surface area (Å²) in [7, 11) is 0. The SMILES string of the molecule is CC(C)C(C=Cc1ccc2c(c1)OCCCO2)=NO. The molecular weight excluding hydrogens is 242 g/mol. The van der Waals surface area contributed by atoms with Gasteiger partial charge in [-0.1, -0.05) is 31.1 Å². The molecule has 102 valence electrons. The Balaban J connectivity index is 2.18. The lowest BCUT2D eigenvalue weighted by atomic mass is 10.1. The van der Waals surface area contributed by atoms with Crippen LogP contribution >= 0.6 is 0 Å². The first kappa shape index (κ1) is 13.5. The first-order valence-electron chi connectivity index (χ1n) is 6.50. The molecule has 0 spiro atoms. The van der Waals surface area contributed by atoms with Crippen LogP contribution in [0.4, 0.5) is 0 Å². The van der Waals surface area contributed by atoms with E-state index in [0.717, 1.165) is 23.5 Å². The third kappa shape index (κ3) is 3.50. The van der Waals surface area contributed by atoms with Crippen molar-refractivity contribution in [2.75, 3.05) is 13.2 Å². The highest BCUT2D eigenvalue weighted by atomic mass is 16.5. The Morgan fingerprint density at radius 1 is 1.26 bits per heavy atom. The van der Waals surface area contributed by atoms with Gasteiger partial charge in [-0.15, -0.1) is 0 Å². The van der Waals surface area contributed by atoms with Crippen molar-refractivity contribution in [1.29, 1.82) is 0 Å². The van der Waals surface area contributed by atoms with Crippen LogP contribution in [0.5, 0.6) is 11.5 Å². The Kier molecular flexibility index (Phi) is 4.44. The van der Waals surface area contributed by atoms with Crippen molar-refractivity contribution < 1.29 is 14.7 Å². The normalized spacial score (nSPS) is 15.8. The highest BCUT2D eigenvalue weighted by Gasteiger charge is 2.09. The monoisotopic (exact) mass is 261 g/mol. The van der Waals surface area contributed by atoms with Gasteiger partial charge in [0, 0.05) is 6.42 Å². The predicted octanol–water partition coefficient (Wildman–Crippen LogP) is 3.35. The van der Waals surface area contributed by atoms with Crippen LogP contribution in [0.15, 0.2) is 29.4 Å². The van der Waals surface area contributed by atoms with Crippen molar-refractivity contribution in [3.8, 4) is 11.5 Å². The second kappa shape index (κ2) is 6.27. The maximum Gasteiger partial charge on any atom is 0.161 e. The van der Waals surface area contributed by atoms with Crippen LogP contribution in [0.2, 0.25) is 0 Å². The Bertz CT molecular complexity index is 492. The summed E-state index contributed by atoms with van der Waals surface area (Å²) >= 11 is 0. The molecule has 0 amide bonds. The first-order valence-corrected chi connectivity index (χ1v) is 6.50. The number of allylic oxidation sites excluding steroid dienone is 1. The van der Waals surface area contributed by atoms with Gasteiger partial charge in [-0.05, 0) is 29.7 Å². The molecule has 0 unspecified atom stereocenters. The maximum atomic E-state index is 8.90. The third-order valence-corrected chi connectivity index (χ3v) is 2.93. The fourth-order valence-electron chi connectivity index (χ4n) is 1.81. The number of oxime groups is 1. The molecule has 4 nitrogen and oxygen atoms in total. The van der Waals surface area contributed by atoms with Crippen molar-refractivity contribution >= 4 is 11.8 Å². The molecule has 0 saturated heterocycles. The molecular formula is C15H19NO3. The number of fused-ring (bicyclic) bond motifs is 1. The second-order valence-corrected chi connectivity index (χ2v) is 4.77. The van der Waals surface area contributed by atoms with E-state index in [1.54, 1.807) is 0 Å². The van der Waals surface area contributed by atoms with Crippen LogP contribution in [-0.2, 0) is 0 Å². The largest absolute Gasteiger partial charge is 0.490 e. The van der Waals surface area contributed by atoms with Crippen molar-refractivity contribution in [2.45, 2.75) is 20.3 Å². The average Bonchev–Trinajstić information content (AvgIpc) is 2.63. The number of ether oxygens (including phenoxy) is 2. The fraction of sp³-hybridized carbons (Fsp3) is 0.400. The summed E-state index contributed by atoms with van der Waals surface area (Å²) in [5, 5.41) is 12.2. The zero-order chi connectivity index (χ0) is 13.7. The van der Waals surface area contributed by atoms with E-state index in [0.29, 0.717) is 18.9 Å². The maximum absolute atomic E-state index is 8.90. The molecule has 1 aliphatic heterocycles. The molecule has 0 saturated carbocycles. The Morgan fingerprint density at radius 2 is 2.00 bits per heavy atom. The molecule has 19 heavy (non-hydrogen) atoms. The van der Waals surface area contributed by atoms with Gasteiger partial charge in [-0.25, -0.2) is 0 Å². The van der Waals surface area contributed by atoms with Crippen LogP contribution in [0, 0.1) is 5.92 Å². The molecule has 1 heterocycles. The van der Waals surface area contributed by atoms with Crippen molar-refractivity contribution in [3.05, 3.63) is 29.8 Å². The Labute approximate surface area is 113 Å². The van der Waals surface area contributed by atoms with Gasteiger partial charge in [-0.2, -0.15) is 0 Å². The third-order valence-electron chi connectivity index (χ3n) is 2.93. The minimum absolute atomic E-state index is 0.182. The van der Waals surface area contributed by atoms with E-state index in [9.17, 15) is 0 Å². The standard InChI is InChI=1S/C15H19NO3/c1-11(2)13(16-17)6-4-12-5-7-14-15(10-12)19-9-3-8-18-14/h4-7,10-11,17H,3,8-9H2,1-2H3. The summed E-state index contributed by atoms with van der Waals surface area (Å²) in [6.45, 7) is 5.33. The predicted molar refractivity (Wildman–Crippen MR) is 75.1 cm³/mol. The number of hydrogen-bond donors (Lipinski definition) is 1. The summed E-state index contributed by atoms with van der Waals surface area (Å²) in [6, 6.07) is 5.80. The van der Waals surface area contributed by atoms with Crippen LogP contribution in [0.25, 0.3) is 6.08 Å². The smallest absolute Gasteiger partial charge is 0.161 e. The van der Waals surface area contributed by atoms with Crippen molar-refractivity contribution in [2.24, 2.45) is 11.1 Å². The summed E-state index contributed by atoms with van der Waals surface area (Å²) in [5.74, 6) is 1.74. The minimum atomic E-state index is 0.182. The molecule has 1 aliphatic rings. The Hall–Kier alpha value is -1.97. The highest BCUT2D eigenvalue weighted by molar-refractivity contribution is 5.99. The molecule has 4 heteroatoms. The average molecular weight is 261 g/mol. The van der Waals surface area contributed by atoms with Gasteiger partial charge in [0.1, 0.15) is 0 Å². The molecule has 1 aromatic carbocycles. The lowest BCUT2D eigenvalue weighted by Gasteiger charge is -2.07. The zero-order valence-electron chi connectivity index (χ0n) is 11.3. The molecule has 1 aromatic rings. The van der Waals surface area contributed by atoms with E-state index in [4.69, 9.17) is 14.7 Å². The van der Waals surface area contributed by atoms with Gasteiger partial charge in [-0.3, -0.25) is 0 Å². The van der Waals surface area contributed by atoms with E-state index in [2.05, 4.69) is 5.16 Å². The summed E-state index contributed by atoms with van der Waals surface area (Å²) < 4.78 is 11.2. The van der Waals surface area contributed by atoms with Gasteiger partial charge in [0.25, 0.3) is 0 Å². The Morgan fingerprint density at radius 3 is 2.68 bits per heavy atom. The molecule has 0 fully saturated rings. The van der Waals surface area contributed by atoms with E-state index in [-0.39, 0.29) is 5.92 Å². The molecule has 1 N–H and O–H groups in total. The van der Waals surface area contributed by atoms with Gasteiger partial charge in [0.05, 0.1) is 18.9 Å². The topological polar surface area (TPSA) is 51.0 Å². The number of nitrogens with zero attached hydrogens (tertiary/aromatic N) is 1. The fourth-order valence-corrected chi connectivity index (χ4v) is 1.81. The summed E-state index contributed by atoms with van der Waals surface area (Å²) in [6.07, 6.45) is 4.61. The molecule has 0 bridgehead atoms.